The largest absolute Gasteiger partial charge is 0.203 e. The van der Waals surface area contributed by atoms with Gasteiger partial charge in [0.1, 0.15) is 0 Å². The molecule has 14 heavy (non-hydrogen) atoms. The Labute approximate surface area is 83.7 Å². The second kappa shape index (κ2) is 3.89. The van der Waals surface area contributed by atoms with Gasteiger partial charge in [-0.1, -0.05) is 11.6 Å². The number of nitrogens with zero attached hydrogens (tertiary/aromatic N) is 1. The van der Waals surface area contributed by atoms with Crippen LogP contribution in [0.3, 0.4) is 0 Å². The fourth-order valence-corrected chi connectivity index (χ4v) is 1.18. The van der Waals surface area contributed by atoms with Crippen LogP contribution in [0.25, 0.3) is 0 Å². The van der Waals surface area contributed by atoms with E-state index in [1.807, 2.05) is 0 Å². The summed E-state index contributed by atoms with van der Waals surface area (Å²) in [5.41, 5.74) is -0.239. The van der Waals surface area contributed by atoms with Crippen molar-refractivity contribution in [2.45, 2.75) is 12.8 Å². The average molecular weight is 220 g/mol. The Hall–Kier alpha value is -1.21. The molecule has 0 spiro atoms. The molecule has 5 heteroatoms. The Balaban J connectivity index is 3.42. The predicted octanol–water partition coefficient (Wildman–Crippen LogP) is 3.38. The van der Waals surface area contributed by atoms with E-state index >= 15 is 0 Å². The Bertz CT molecular complexity index is 411. The summed E-state index contributed by atoms with van der Waals surface area (Å²) < 4.78 is 38.6. The quantitative estimate of drug-likeness (QED) is 0.525. The molecule has 0 fully saturated rings. The molecule has 1 unspecified atom stereocenters. The molecule has 1 atom stereocenters. The summed E-state index contributed by atoms with van der Waals surface area (Å²) in [6.07, 6.45) is 0. The number of halogens is 4. The second-order valence-electron chi connectivity index (χ2n) is 2.74. The van der Waals surface area contributed by atoms with Gasteiger partial charge in [-0.15, -0.1) is 0 Å². The zero-order chi connectivity index (χ0) is 10.9. The van der Waals surface area contributed by atoms with Gasteiger partial charge >= 0.3 is 0 Å². The third kappa shape index (κ3) is 1.68. The molecule has 0 aliphatic carbocycles. The molecule has 0 aliphatic rings. The van der Waals surface area contributed by atoms with Crippen LogP contribution in [0.1, 0.15) is 18.4 Å². The lowest BCUT2D eigenvalue weighted by atomic mass is 10.0. The van der Waals surface area contributed by atoms with Crippen molar-refractivity contribution < 1.29 is 13.2 Å². The van der Waals surface area contributed by atoms with Crippen molar-refractivity contribution in [2.75, 3.05) is 0 Å². The highest BCUT2D eigenvalue weighted by Crippen LogP contribution is 2.27. The maximum atomic E-state index is 13.1. The highest BCUT2D eigenvalue weighted by Gasteiger charge is 2.20. The predicted molar refractivity (Wildman–Crippen MR) is 45.4 cm³/mol. The molecule has 1 nitrogen and oxygen atoms in total. The summed E-state index contributed by atoms with van der Waals surface area (Å²) in [7, 11) is 0. The van der Waals surface area contributed by atoms with E-state index in [4.69, 9.17) is 16.9 Å². The first-order valence-electron chi connectivity index (χ1n) is 3.71. The molecule has 0 saturated heterocycles. The zero-order valence-corrected chi connectivity index (χ0v) is 7.87. The van der Waals surface area contributed by atoms with E-state index in [1.165, 1.54) is 6.92 Å². The smallest absolute Gasteiger partial charge is 0.196 e. The molecule has 1 aromatic carbocycles. The summed E-state index contributed by atoms with van der Waals surface area (Å²) in [4.78, 5) is 0. The zero-order valence-electron chi connectivity index (χ0n) is 7.11. The molecule has 0 aliphatic heterocycles. The van der Waals surface area contributed by atoms with Gasteiger partial charge in [-0.05, 0) is 13.0 Å². The maximum absolute atomic E-state index is 13.1. The highest BCUT2D eigenvalue weighted by molar-refractivity contribution is 6.30. The van der Waals surface area contributed by atoms with Crippen molar-refractivity contribution in [3.8, 4) is 6.07 Å². The molecular weight excluding hydrogens is 215 g/mol. The summed E-state index contributed by atoms with van der Waals surface area (Å²) in [6.45, 7) is 1.37. The van der Waals surface area contributed by atoms with Gasteiger partial charge < -0.3 is 0 Å². The number of benzene rings is 1. The summed E-state index contributed by atoms with van der Waals surface area (Å²) in [6, 6.07) is 2.63. The van der Waals surface area contributed by atoms with Crippen LogP contribution in [0.5, 0.6) is 0 Å². The second-order valence-corrected chi connectivity index (χ2v) is 3.15. The standard InChI is InChI=1S/C9H5ClF3N/c1-4(3-14)5-2-6(10)8(12)9(13)7(5)11/h2,4H,1H3. The molecule has 0 N–H and O–H groups in total. The molecule has 0 bridgehead atoms. The third-order valence-corrected chi connectivity index (χ3v) is 2.07. The van der Waals surface area contributed by atoms with Crippen molar-refractivity contribution in [1.82, 2.24) is 0 Å². The number of hydrogen-bond acceptors (Lipinski definition) is 1. The first-order chi connectivity index (χ1) is 6.49. The van der Waals surface area contributed by atoms with E-state index in [9.17, 15) is 13.2 Å². The Morgan fingerprint density at radius 2 is 1.86 bits per heavy atom. The molecule has 1 aromatic rings. The third-order valence-electron chi connectivity index (χ3n) is 1.79. The van der Waals surface area contributed by atoms with Gasteiger partial charge in [0.25, 0.3) is 0 Å². The summed E-state index contributed by atoms with van der Waals surface area (Å²) in [5.74, 6) is -5.31. The van der Waals surface area contributed by atoms with Gasteiger partial charge in [-0.3, -0.25) is 0 Å². The molecular formula is C9H5ClF3N. The van der Waals surface area contributed by atoms with E-state index in [0.717, 1.165) is 6.07 Å². The van der Waals surface area contributed by atoms with Crippen LogP contribution >= 0.6 is 11.6 Å². The molecule has 0 aromatic heterocycles. The molecule has 1 rings (SSSR count). The average Bonchev–Trinajstić information content (AvgIpc) is 2.19. The van der Waals surface area contributed by atoms with E-state index in [0.29, 0.717) is 0 Å². The van der Waals surface area contributed by atoms with Gasteiger partial charge in [0, 0.05) is 5.56 Å². The van der Waals surface area contributed by atoms with Crippen LogP contribution in [-0.2, 0) is 0 Å². The lowest BCUT2D eigenvalue weighted by Crippen LogP contribution is -2.01. The molecule has 74 valence electrons. The Morgan fingerprint density at radius 3 is 2.36 bits per heavy atom. The Morgan fingerprint density at radius 1 is 1.29 bits per heavy atom. The van der Waals surface area contributed by atoms with E-state index in [-0.39, 0.29) is 5.56 Å². The minimum atomic E-state index is -1.64. The van der Waals surface area contributed by atoms with Crippen LogP contribution < -0.4 is 0 Å². The summed E-state index contributed by atoms with van der Waals surface area (Å²) >= 11 is 5.30. The molecule has 0 radical (unpaired) electrons. The van der Waals surface area contributed by atoms with E-state index in [2.05, 4.69) is 0 Å². The SMILES string of the molecule is CC(C#N)c1cc(Cl)c(F)c(F)c1F. The van der Waals surface area contributed by atoms with Crippen LogP contribution in [0.4, 0.5) is 13.2 Å². The van der Waals surface area contributed by atoms with Crippen LogP contribution in [-0.4, -0.2) is 0 Å². The monoisotopic (exact) mass is 219 g/mol. The summed E-state index contributed by atoms with van der Waals surface area (Å²) in [5, 5.41) is 7.96. The molecule has 0 heterocycles. The van der Waals surface area contributed by atoms with Gasteiger partial charge in [-0.2, -0.15) is 5.26 Å². The number of nitriles is 1. The topological polar surface area (TPSA) is 23.8 Å². The first-order valence-corrected chi connectivity index (χ1v) is 4.09. The van der Waals surface area contributed by atoms with Crippen molar-refractivity contribution >= 4 is 11.6 Å². The number of rotatable bonds is 1. The Kier molecular flexibility index (Phi) is 3.02. The normalized spacial score (nSPS) is 12.3. The van der Waals surface area contributed by atoms with Crippen LogP contribution in [0.15, 0.2) is 6.07 Å². The number of hydrogen-bond donors (Lipinski definition) is 0. The van der Waals surface area contributed by atoms with E-state index < -0.39 is 28.4 Å². The molecule has 0 amide bonds. The van der Waals surface area contributed by atoms with Crippen LogP contribution in [0.2, 0.25) is 5.02 Å². The van der Waals surface area contributed by atoms with Crippen molar-refractivity contribution in [1.29, 1.82) is 5.26 Å². The minimum Gasteiger partial charge on any atom is -0.203 e. The highest BCUT2D eigenvalue weighted by atomic mass is 35.5. The molecule has 0 saturated carbocycles. The van der Waals surface area contributed by atoms with Gasteiger partial charge in [-0.25, -0.2) is 13.2 Å². The van der Waals surface area contributed by atoms with Gasteiger partial charge in [0.15, 0.2) is 17.5 Å². The van der Waals surface area contributed by atoms with Crippen molar-refractivity contribution in [3.05, 3.63) is 34.1 Å². The van der Waals surface area contributed by atoms with Gasteiger partial charge in [0.2, 0.25) is 0 Å². The fraction of sp³-hybridized carbons (Fsp3) is 0.222. The van der Waals surface area contributed by atoms with Gasteiger partial charge in [0.05, 0.1) is 17.0 Å². The van der Waals surface area contributed by atoms with Crippen LogP contribution in [0, 0.1) is 28.8 Å². The van der Waals surface area contributed by atoms with Crippen molar-refractivity contribution in [3.63, 3.8) is 0 Å². The maximum Gasteiger partial charge on any atom is 0.196 e. The lowest BCUT2D eigenvalue weighted by Gasteiger charge is -2.07. The minimum absolute atomic E-state index is 0.239. The fourth-order valence-electron chi connectivity index (χ4n) is 0.976. The van der Waals surface area contributed by atoms with E-state index in [1.54, 1.807) is 6.07 Å². The lowest BCUT2D eigenvalue weighted by molar-refractivity contribution is 0.440. The first kappa shape index (κ1) is 10.9. The van der Waals surface area contributed by atoms with Crippen molar-refractivity contribution in [2.24, 2.45) is 0 Å².